The minimum atomic E-state index is -0.519. The van der Waals surface area contributed by atoms with Crippen LogP contribution in [-0.4, -0.2) is 17.5 Å². The third-order valence-corrected chi connectivity index (χ3v) is 2.20. The van der Waals surface area contributed by atoms with Crippen molar-refractivity contribution in [2.24, 2.45) is 11.8 Å². The van der Waals surface area contributed by atoms with Crippen LogP contribution in [0.5, 0.6) is 0 Å². The van der Waals surface area contributed by atoms with Crippen molar-refractivity contribution < 1.29 is 9.84 Å². The Morgan fingerprint density at radius 1 is 1.50 bits per heavy atom. The standard InChI is InChI=1S/C8H16O2/c1-5(2)7-4-6(3)10-8(7)9/h5-9H,4H2,1-3H3. The maximum atomic E-state index is 9.31. The second kappa shape index (κ2) is 2.89. The van der Waals surface area contributed by atoms with Gasteiger partial charge in [-0.3, -0.25) is 0 Å². The van der Waals surface area contributed by atoms with Gasteiger partial charge in [0.25, 0.3) is 0 Å². The average Bonchev–Trinajstić information content (AvgIpc) is 2.10. The molecule has 10 heavy (non-hydrogen) atoms. The first kappa shape index (κ1) is 8.02. The lowest BCUT2D eigenvalue weighted by Crippen LogP contribution is -2.19. The van der Waals surface area contributed by atoms with Crippen LogP contribution >= 0.6 is 0 Å². The molecule has 3 unspecified atom stereocenters. The van der Waals surface area contributed by atoms with Crippen molar-refractivity contribution in [2.45, 2.75) is 39.6 Å². The van der Waals surface area contributed by atoms with Crippen molar-refractivity contribution >= 4 is 0 Å². The third-order valence-electron chi connectivity index (χ3n) is 2.20. The first-order valence-electron chi connectivity index (χ1n) is 3.94. The van der Waals surface area contributed by atoms with Gasteiger partial charge in [0.05, 0.1) is 6.10 Å². The number of aliphatic hydroxyl groups is 1. The van der Waals surface area contributed by atoms with E-state index in [1.54, 1.807) is 0 Å². The van der Waals surface area contributed by atoms with Crippen molar-refractivity contribution in [3.63, 3.8) is 0 Å². The average molecular weight is 144 g/mol. The Balaban J connectivity index is 2.46. The van der Waals surface area contributed by atoms with E-state index in [-0.39, 0.29) is 6.10 Å². The summed E-state index contributed by atoms with van der Waals surface area (Å²) in [7, 11) is 0. The van der Waals surface area contributed by atoms with E-state index in [1.807, 2.05) is 6.92 Å². The van der Waals surface area contributed by atoms with E-state index in [4.69, 9.17) is 4.74 Å². The lowest BCUT2D eigenvalue weighted by Gasteiger charge is -2.15. The number of ether oxygens (including phenoxy) is 1. The van der Waals surface area contributed by atoms with Gasteiger partial charge >= 0.3 is 0 Å². The fourth-order valence-electron chi connectivity index (χ4n) is 1.50. The van der Waals surface area contributed by atoms with Gasteiger partial charge in [-0.1, -0.05) is 13.8 Å². The largest absolute Gasteiger partial charge is 0.368 e. The molecule has 1 N–H and O–H groups in total. The molecular formula is C8H16O2. The van der Waals surface area contributed by atoms with E-state index in [9.17, 15) is 5.11 Å². The Hall–Kier alpha value is -0.0800. The lowest BCUT2D eigenvalue weighted by atomic mass is 9.92. The summed E-state index contributed by atoms with van der Waals surface area (Å²) in [6.07, 6.45) is 0.719. The molecular weight excluding hydrogens is 128 g/mol. The Kier molecular flexibility index (Phi) is 2.32. The van der Waals surface area contributed by atoms with Crippen LogP contribution in [0.2, 0.25) is 0 Å². The van der Waals surface area contributed by atoms with Crippen molar-refractivity contribution in [3.05, 3.63) is 0 Å². The molecule has 60 valence electrons. The molecule has 1 rings (SSSR count). The maximum absolute atomic E-state index is 9.31. The quantitative estimate of drug-likeness (QED) is 0.602. The number of hydrogen-bond acceptors (Lipinski definition) is 2. The summed E-state index contributed by atoms with van der Waals surface area (Å²) in [5, 5.41) is 9.31. The molecule has 0 amide bonds. The third kappa shape index (κ3) is 1.50. The van der Waals surface area contributed by atoms with Gasteiger partial charge in [0.15, 0.2) is 6.29 Å². The van der Waals surface area contributed by atoms with Crippen LogP contribution in [0.4, 0.5) is 0 Å². The van der Waals surface area contributed by atoms with Crippen LogP contribution < -0.4 is 0 Å². The van der Waals surface area contributed by atoms with Crippen molar-refractivity contribution in [2.75, 3.05) is 0 Å². The highest BCUT2D eigenvalue weighted by atomic mass is 16.6. The Labute approximate surface area is 62.2 Å². The van der Waals surface area contributed by atoms with Crippen LogP contribution in [-0.2, 0) is 4.74 Å². The summed E-state index contributed by atoms with van der Waals surface area (Å²) >= 11 is 0. The molecule has 1 aliphatic heterocycles. The Morgan fingerprint density at radius 3 is 2.30 bits per heavy atom. The summed E-state index contributed by atoms with van der Waals surface area (Å²) in [5.41, 5.74) is 0. The minimum Gasteiger partial charge on any atom is -0.368 e. The normalized spacial score (nSPS) is 41.1. The minimum absolute atomic E-state index is 0.238. The summed E-state index contributed by atoms with van der Waals surface area (Å²) in [5.74, 6) is 0.870. The van der Waals surface area contributed by atoms with E-state index >= 15 is 0 Å². The van der Waals surface area contributed by atoms with E-state index in [0.29, 0.717) is 11.8 Å². The first-order chi connectivity index (χ1) is 4.61. The fourth-order valence-corrected chi connectivity index (χ4v) is 1.50. The molecule has 2 heteroatoms. The van der Waals surface area contributed by atoms with E-state index in [1.165, 1.54) is 0 Å². The smallest absolute Gasteiger partial charge is 0.158 e. The lowest BCUT2D eigenvalue weighted by molar-refractivity contribution is -0.110. The first-order valence-corrected chi connectivity index (χ1v) is 3.94. The summed E-state index contributed by atoms with van der Waals surface area (Å²) in [4.78, 5) is 0. The van der Waals surface area contributed by atoms with Gasteiger partial charge in [-0.05, 0) is 19.3 Å². The van der Waals surface area contributed by atoms with E-state index in [2.05, 4.69) is 13.8 Å². The van der Waals surface area contributed by atoms with Gasteiger partial charge in [0.1, 0.15) is 0 Å². The fraction of sp³-hybridized carbons (Fsp3) is 1.00. The Bertz CT molecular complexity index is 112. The molecule has 0 spiro atoms. The number of aliphatic hydroxyl groups excluding tert-OH is 1. The monoisotopic (exact) mass is 144 g/mol. The number of rotatable bonds is 1. The van der Waals surface area contributed by atoms with Gasteiger partial charge in [0.2, 0.25) is 0 Å². The highest BCUT2D eigenvalue weighted by molar-refractivity contribution is 4.75. The van der Waals surface area contributed by atoms with Gasteiger partial charge in [-0.2, -0.15) is 0 Å². The highest BCUT2D eigenvalue weighted by Crippen LogP contribution is 2.30. The zero-order valence-corrected chi connectivity index (χ0v) is 6.87. The molecule has 2 nitrogen and oxygen atoms in total. The van der Waals surface area contributed by atoms with Crippen LogP contribution in [0.15, 0.2) is 0 Å². The molecule has 3 atom stereocenters. The van der Waals surface area contributed by atoms with Gasteiger partial charge in [-0.15, -0.1) is 0 Å². The molecule has 0 radical (unpaired) electrons. The van der Waals surface area contributed by atoms with Crippen LogP contribution in [0.25, 0.3) is 0 Å². The molecule has 1 saturated heterocycles. The molecule has 0 aliphatic carbocycles. The Morgan fingerprint density at radius 2 is 2.10 bits per heavy atom. The number of hydrogen-bond donors (Lipinski definition) is 1. The summed E-state index contributed by atoms with van der Waals surface area (Å²) in [6, 6.07) is 0. The van der Waals surface area contributed by atoms with Crippen LogP contribution in [0, 0.1) is 11.8 Å². The van der Waals surface area contributed by atoms with Crippen LogP contribution in [0.1, 0.15) is 27.2 Å². The van der Waals surface area contributed by atoms with Gasteiger partial charge in [0, 0.05) is 5.92 Å². The predicted molar refractivity (Wildman–Crippen MR) is 39.5 cm³/mol. The SMILES string of the molecule is CC1CC(C(C)C)C(O)O1. The van der Waals surface area contributed by atoms with Crippen LogP contribution in [0.3, 0.4) is 0 Å². The van der Waals surface area contributed by atoms with Crippen molar-refractivity contribution in [1.29, 1.82) is 0 Å². The molecule has 1 aliphatic rings. The predicted octanol–water partition coefficient (Wildman–Crippen LogP) is 1.39. The molecule has 0 aromatic rings. The van der Waals surface area contributed by atoms with Gasteiger partial charge < -0.3 is 9.84 Å². The van der Waals surface area contributed by atoms with Crippen molar-refractivity contribution in [3.8, 4) is 0 Å². The molecule has 1 fully saturated rings. The maximum Gasteiger partial charge on any atom is 0.158 e. The molecule has 1 heterocycles. The molecule has 0 bridgehead atoms. The summed E-state index contributed by atoms with van der Waals surface area (Å²) < 4.78 is 5.19. The zero-order chi connectivity index (χ0) is 7.72. The van der Waals surface area contributed by atoms with Crippen molar-refractivity contribution in [1.82, 2.24) is 0 Å². The molecule has 0 aromatic heterocycles. The van der Waals surface area contributed by atoms with Gasteiger partial charge in [-0.25, -0.2) is 0 Å². The second-order valence-corrected chi connectivity index (χ2v) is 3.48. The topological polar surface area (TPSA) is 29.5 Å². The van der Waals surface area contributed by atoms with E-state index in [0.717, 1.165) is 6.42 Å². The summed E-state index contributed by atoms with van der Waals surface area (Å²) in [6.45, 7) is 6.25. The second-order valence-electron chi connectivity index (χ2n) is 3.48. The molecule has 0 aromatic carbocycles. The molecule has 0 saturated carbocycles. The zero-order valence-electron chi connectivity index (χ0n) is 6.87. The van der Waals surface area contributed by atoms with E-state index < -0.39 is 6.29 Å². The highest BCUT2D eigenvalue weighted by Gasteiger charge is 2.32.